The highest BCUT2D eigenvalue weighted by molar-refractivity contribution is 8.02. The summed E-state index contributed by atoms with van der Waals surface area (Å²) in [6.07, 6.45) is 17.8. The molecular formula is C35H68OS. The molecule has 0 heterocycles. The van der Waals surface area contributed by atoms with Gasteiger partial charge in [0.2, 0.25) is 0 Å². The lowest BCUT2D eigenvalue weighted by Gasteiger charge is -2.35. The summed E-state index contributed by atoms with van der Waals surface area (Å²) in [5.74, 6) is 5.17. The van der Waals surface area contributed by atoms with Crippen molar-refractivity contribution in [3.63, 3.8) is 0 Å². The van der Waals surface area contributed by atoms with Crippen LogP contribution in [-0.2, 0) is 4.74 Å². The Morgan fingerprint density at radius 1 is 0.811 bits per heavy atom. The molecule has 2 rings (SSSR count). The van der Waals surface area contributed by atoms with Crippen molar-refractivity contribution in [2.75, 3.05) is 5.75 Å². The first-order valence-corrected chi connectivity index (χ1v) is 16.6. The molecule has 220 valence electrons. The first-order valence-electron chi connectivity index (χ1n) is 15.6. The molecule has 0 aromatic carbocycles. The fourth-order valence-corrected chi connectivity index (χ4v) is 4.60. The topological polar surface area (TPSA) is 9.23 Å². The maximum atomic E-state index is 5.81. The number of rotatable bonds is 8. The summed E-state index contributed by atoms with van der Waals surface area (Å²) in [6, 6.07) is 0. The van der Waals surface area contributed by atoms with Crippen LogP contribution in [0.4, 0.5) is 0 Å². The van der Waals surface area contributed by atoms with Gasteiger partial charge in [-0.3, -0.25) is 0 Å². The van der Waals surface area contributed by atoms with Crippen molar-refractivity contribution >= 4 is 11.8 Å². The van der Waals surface area contributed by atoms with E-state index in [0.29, 0.717) is 6.10 Å². The van der Waals surface area contributed by atoms with Gasteiger partial charge in [0, 0.05) is 0 Å². The molecule has 0 bridgehead atoms. The van der Waals surface area contributed by atoms with Gasteiger partial charge in [-0.2, -0.15) is 0 Å². The molecule has 0 aromatic rings. The Bertz CT molecular complexity index is 601. The van der Waals surface area contributed by atoms with Crippen LogP contribution in [0.2, 0.25) is 0 Å². The van der Waals surface area contributed by atoms with Crippen molar-refractivity contribution in [2.45, 2.75) is 154 Å². The van der Waals surface area contributed by atoms with Gasteiger partial charge in [0.05, 0.1) is 11.9 Å². The lowest BCUT2D eigenvalue weighted by atomic mass is 9.80. The molecule has 0 unspecified atom stereocenters. The van der Waals surface area contributed by atoms with Crippen molar-refractivity contribution in [3.8, 4) is 0 Å². The quantitative estimate of drug-likeness (QED) is 0.225. The van der Waals surface area contributed by atoms with Crippen LogP contribution in [0.25, 0.3) is 0 Å². The molecule has 37 heavy (non-hydrogen) atoms. The molecule has 2 aliphatic rings. The zero-order valence-corrected chi connectivity index (χ0v) is 28.6. The molecule has 0 aliphatic heterocycles. The van der Waals surface area contributed by atoms with Crippen LogP contribution >= 0.6 is 11.8 Å². The van der Waals surface area contributed by atoms with Crippen molar-refractivity contribution in [1.29, 1.82) is 0 Å². The Kier molecular flexibility index (Phi) is 30.9. The summed E-state index contributed by atoms with van der Waals surface area (Å²) in [5, 5.41) is 2.24. The molecule has 2 saturated carbocycles. The van der Waals surface area contributed by atoms with E-state index in [1.165, 1.54) is 61.7 Å². The van der Waals surface area contributed by atoms with Crippen LogP contribution in [0, 0.1) is 17.8 Å². The number of allylic oxidation sites excluding steroid dienone is 7. The Labute approximate surface area is 240 Å². The van der Waals surface area contributed by atoms with Crippen LogP contribution in [0.3, 0.4) is 0 Å². The zero-order valence-electron chi connectivity index (χ0n) is 27.8. The van der Waals surface area contributed by atoms with Gasteiger partial charge >= 0.3 is 0 Å². The lowest BCUT2D eigenvalue weighted by Crippen LogP contribution is -2.30. The first-order chi connectivity index (χ1) is 17.7. The second-order valence-electron chi connectivity index (χ2n) is 10.2. The highest BCUT2D eigenvalue weighted by atomic mass is 32.2. The van der Waals surface area contributed by atoms with E-state index in [2.05, 4.69) is 85.9 Å². The van der Waals surface area contributed by atoms with Crippen LogP contribution in [0.15, 0.2) is 46.1 Å². The summed E-state index contributed by atoms with van der Waals surface area (Å²) in [4.78, 5) is 0. The molecule has 2 heteroatoms. The predicted molar refractivity (Wildman–Crippen MR) is 177 cm³/mol. The predicted octanol–water partition coefficient (Wildman–Crippen LogP) is 12.9. The SMILES string of the molecule is C/C=C(C)\C=C(/C)OC1CC(CC)C1.CC.CC.CC/C=C(C)\C(C)=C\SCC.CC1CCC(C)CC1. The minimum atomic E-state index is 0.487. The van der Waals surface area contributed by atoms with Gasteiger partial charge in [-0.05, 0) is 94.4 Å². The molecule has 0 radical (unpaired) electrons. The van der Waals surface area contributed by atoms with E-state index in [1.807, 2.05) is 46.4 Å². The Balaban J connectivity index is -0.000000451. The summed E-state index contributed by atoms with van der Waals surface area (Å²) in [5.41, 5.74) is 4.08. The highest BCUT2D eigenvalue weighted by Crippen LogP contribution is 2.33. The Morgan fingerprint density at radius 2 is 1.30 bits per heavy atom. The monoisotopic (exact) mass is 536 g/mol. The minimum Gasteiger partial charge on any atom is -0.495 e. The molecule has 0 atom stereocenters. The number of thioether (sulfide) groups is 1. The third-order valence-electron chi connectivity index (χ3n) is 6.87. The summed E-state index contributed by atoms with van der Waals surface area (Å²) in [6.45, 7) is 29.9. The van der Waals surface area contributed by atoms with Crippen molar-refractivity contribution in [2.24, 2.45) is 17.8 Å². The second-order valence-corrected chi connectivity index (χ2v) is 11.3. The van der Waals surface area contributed by atoms with Gasteiger partial charge in [0.25, 0.3) is 0 Å². The Morgan fingerprint density at radius 3 is 1.68 bits per heavy atom. The molecule has 2 aliphatic carbocycles. The average molecular weight is 537 g/mol. The van der Waals surface area contributed by atoms with E-state index >= 15 is 0 Å². The van der Waals surface area contributed by atoms with Crippen molar-refractivity contribution in [3.05, 3.63) is 46.1 Å². The van der Waals surface area contributed by atoms with E-state index in [-0.39, 0.29) is 0 Å². The van der Waals surface area contributed by atoms with Gasteiger partial charge < -0.3 is 4.74 Å². The van der Waals surface area contributed by atoms with Gasteiger partial charge in [-0.1, -0.05) is 118 Å². The number of hydrogen-bond donors (Lipinski definition) is 0. The normalized spacial score (nSPS) is 23.8. The van der Waals surface area contributed by atoms with Crippen LogP contribution in [-0.4, -0.2) is 11.9 Å². The Hall–Kier alpha value is -0.890. The maximum absolute atomic E-state index is 5.81. The largest absolute Gasteiger partial charge is 0.495 e. The molecule has 0 amide bonds. The lowest BCUT2D eigenvalue weighted by molar-refractivity contribution is 0.0103. The van der Waals surface area contributed by atoms with Crippen molar-refractivity contribution in [1.82, 2.24) is 0 Å². The molecular weight excluding hydrogens is 468 g/mol. The number of hydrogen-bond acceptors (Lipinski definition) is 2. The highest BCUT2D eigenvalue weighted by Gasteiger charge is 2.28. The van der Waals surface area contributed by atoms with E-state index in [0.717, 1.165) is 35.7 Å². The zero-order chi connectivity index (χ0) is 29.2. The molecule has 2 fully saturated rings. The van der Waals surface area contributed by atoms with Crippen LogP contribution in [0.1, 0.15) is 148 Å². The summed E-state index contributed by atoms with van der Waals surface area (Å²) in [7, 11) is 0. The smallest absolute Gasteiger partial charge is 0.0987 e. The van der Waals surface area contributed by atoms with E-state index in [4.69, 9.17) is 4.74 Å². The standard InChI is InChI=1S/C13H22O.C10H18S.C8H16.2C2H6/c1-5-10(3)7-11(4)14-13-8-12(6-2)9-13;1-5-7-9(3)10(4)8-11-6-2;1-7-3-5-8(2)6-4-7;2*1-2/h5,7,12-13H,6,8-9H2,1-4H3;7-8H,5-6H2,1-4H3;7-8H,3-6H2,1-2H3;2*1-2H3/b10-5-,11-7+;9-7-,10-8+;;;. The number of ether oxygens (including phenoxy) is 1. The van der Waals surface area contributed by atoms with Gasteiger partial charge in [0.1, 0.15) is 0 Å². The van der Waals surface area contributed by atoms with Gasteiger partial charge in [0.15, 0.2) is 0 Å². The van der Waals surface area contributed by atoms with E-state index in [1.54, 1.807) is 0 Å². The molecule has 0 N–H and O–H groups in total. The molecule has 0 saturated heterocycles. The summed E-state index contributed by atoms with van der Waals surface area (Å²) >= 11 is 1.87. The third kappa shape index (κ3) is 23.9. The molecule has 0 aromatic heterocycles. The molecule has 1 nitrogen and oxygen atoms in total. The maximum Gasteiger partial charge on any atom is 0.0987 e. The van der Waals surface area contributed by atoms with Gasteiger partial charge in [-0.25, -0.2) is 0 Å². The van der Waals surface area contributed by atoms with Crippen LogP contribution in [0.5, 0.6) is 0 Å². The third-order valence-corrected chi connectivity index (χ3v) is 7.73. The van der Waals surface area contributed by atoms with Crippen LogP contribution < -0.4 is 0 Å². The minimum absolute atomic E-state index is 0.487. The van der Waals surface area contributed by atoms with Gasteiger partial charge in [-0.15, -0.1) is 11.8 Å². The fraction of sp³-hybridized carbons (Fsp3) is 0.771. The summed E-state index contributed by atoms with van der Waals surface area (Å²) < 4.78 is 5.81. The fourth-order valence-electron chi connectivity index (χ4n) is 4.00. The second kappa shape index (κ2) is 28.1. The van der Waals surface area contributed by atoms with E-state index in [9.17, 15) is 0 Å². The first kappa shape index (κ1) is 40.6. The van der Waals surface area contributed by atoms with E-state index < -0.39 is 0 Å². The molecule has 0 spiro atoms. The average Bonchev–Trinajstić information content (AvgIpc) is 2.89. The van der Waals surface area contributed by atoms with Crippen molar-refractivity contribution < 1.29 is 4.74 Å².